The Balaban J connectivity index is 1.89. The first-order chi connectivity index (χ1) is 12.4. The van der Waals surface area contributed by atoms with Gasteiger partial charge in [0.15, 0.2) is 0 Å². The summed E-state index contributed by atoms with van der Waals surface area (Å²) in [4.78, 5) is 0.159. The molecule has 0 radical (unpaired) electrons. The maximum absolute atomic E-state index is 13.1. The molecule has 0 N–H and O–H groups in total. The van der Waals surface area contributed by atoms with E-state index in [1.807, 2.05) is 6.92 Å². The summed E-state index contributed by atoms with van der Waals surface area (Å²) < 4.78 is 38.9. The first-order valence-corrected chi connectivity index (χ1v) is 10.4. The molecule has 0 aromatic heterocycles. The van der Waals surface area contributed by atoms with Crippen molar-refractivity contribution in [3.63, 3.8) is 0 Å². The minimum atomic E-state index is -3.71. The van der Waals surface area contributed by atoms with Gasteiger partial charge in [0.1, 0.15) is 10.6 Å². The molecule has 1 fully saturated rings. The van der Waals surface area contributed by atoms with Crippen molar-refractivity contribution in [1.82, 2.24) is 4.31 Å². The summed E-state index contributed by atoms with van der Waals surface area (Å²) in [6.45, 7) is 2.94. The smallest absolute Gasteiger partial charge is 0.246 e. The monoisotopic (exact) mass is 415 g/mol. The molecule has 0 saturated carbocycles. The first-order valence-electron chi connectivity index (χ1n) is 8.21. The summed E-state index contributed by atoms with van der Waals surface area (Å²) in [5.74, 6) is 0.351. The summed E-state index contributed by atoms with van der Waals surface area (Å²) in [6, 6.07) is 11.8. The number of nitrogens with zero attached hydrogens (tertiary/aromatic N) is 1. The van der Waals surface area contributed by atoms with Crippen LogP contribution in [0.2, 0.25) is 10.0 Å². The van der Waals surface area contributed by atoms with Crippen molar-refractivity contribution in [3.05, 3.63) is 58.1 Å². The lowest BCUT2D eigenvalue weighted by molar-refractivity contribution is -0.00258. The molecule has 2 aromatic carbocycles. The van der Waals surface area contributed by atoms with Crippen LogP contribution in [0.25, 0.3) is 0 Å². The molecule has 1 atom stereocenters. The summed E-state index contributed by atoms with van der Waals surface area (Å²) >= 11 is 12.1. The highest BCUT2D eigenvalue weighted by Gasteiger charge is 2.33. The van der Waals surface area contributed by atoms with E-state index in [1.54, 1.807) is 42.5 Å². The Bertz CT molecular complexity index is 868. The standard InChI is InChI=1S/C18H19Cl2NO4S/c1-2-24-16-5-3-4-6-18(16)26(22,23)21-7-8-25-17(12-21)13-9-14(19)11-15(20)10-13/h3-6,9-11,17H,2,7-8,12H2,1H3. The predicted molar refractivity (Wildman–Crippen MR) is 102 cm³/mol. The Morgan fingerprint density at radius 1 is 1.19 bits per heavy atom. The van der Waals surface area contributed by atoms with Gasteiger partial charge in [0.25, 0.3) is 0 Å². The van der Waals surface area contributed by atoms with Crippen LogP contribution >= 0.6 is 23.2 Å². The SMILES string of the molecule is CCOc1ccccc1S(=O)(=O)N1CCOC(c2cc(Cl)cc(Cl)c2)C1. The van der Waals surface area contributed by atoms with Crippen molar-refractivity contribution < 1.29 is 17.9 Å². The molecule has 1 saturated heterocycles. The number of rotatable bonds is 5. The third kappa shape index (κ3) is 4.15. The zero-order valence-electron chi connectivity index (χ0n) is 14.2. The van der Waals surface area contributed by atoms with Gasteiger partial charge in [-0.3, -0.25) is 0 Å². The third-order valence-corrected chi connectivity index (χ3v) is 6.39. The summed E-state index contributed by atoms with van der Waals surface area (Å²) in [5, 5.41) is 0.968. The van der Waals surface area contributed by atoms with Gasteiger partial charge in [0.2, 0.25) is 10.0 Å². The van der Waals surface area contributed by atoms with Crippen LogP contribution in [-0.4, -0.2) is 39.0 Å². The van der Waals surface area contributed by atoms with Crippen molar-refractivity contribution in [1.29, 1.82) is 0 Å². The summed E-state index contributed by atoms with van der Waals surface area (Å²) in [6.07, 6.45) is -0.436. The Morgan fingerprint density at radius 3 is 2.58 bits per heavy atom. The van der Waals surface area contributed by atoms with E-state index in [0.29, 0.717) is 22.4 Å². The highest BCUT2D eigenvalue weighted by Crippen LogP contribution is 2.32. The first kappa shape index (κ1) is 19.5. The Morgan fingerprint density at radius 2 is 1.88 bits per heavy atom. The van der Waals surface area contributed by atoms with E-state index < -0.39 is 16.1 Å². The molecule has 1 heterocycles. The van der Waals surface area contributed by atoms with Gasteiger partial charge in [-0.15, -0.1) is 0 Å². The highest BCUT2D eigenvalue weighted by atomic mass is 35.5. The molecule has 0 bridgehead atoms. The second-order valence-corrected chi connectivity index (χ2v) is 8.58. The fourth-order valence-electron chi connectivity index (χ4n) is 2.88. The molecule has 1 unspecified atom stereocenters. The molecular formula is C18H19Cl2NO4S. The van der Waals surface area contributed by atoms with Gasteiger partial charge >= 0.3 is 0 Å². The van der Waals surface area contributed by atoms with Crippen LogP contribution in [0.5, 0.6) is 5.75 Å². The van der Waals surface area contributed by atoms with E-state index in [1.165, 1.54) is 4.31 Å². The Labute approximate surface area is 163 Å². The quantitative estimate of drug-likeness (QED) is 0.735. The molecule has 1 aliphatic rings. The number of hydrogen-bond donors (Lipinski definition) is 0. The lowest BCUT2D eigenvalue weighted by Gasteiger charge is -2.32. The van der Waals surface area contributed by atoms with Gasteiger partial charge < -0.3 is 9.47 Å². The molecule has 0 spiro atoms. The lowest BCUT2D eigenvalue weighted by Crippen LogP contribution is -2.42. The summed E-state index contributed by atoms with van der Waals surface area (Å²) in [5.41, 5.74) is 0.750. The fraction of sp³-hybridized carbons (Fsp3) is 0.333. The number of morpholine rings is 1. The van der Waals surface area contributed by atoms with Crippen molar-refractivity contribution in [2.75, 3.05) is 26.3 Å². The maximum Gasteiger partial charge on any atom is 0.246 e. The van der Waals surface area contributed by atoms with E-state index in [9.17, 15) is 8.42 Å². The third-order valence-electron chi connectivity index (χ3n) is 4.05. The molecule has 2 aromatic rings. The van der Waals surface area contributed by atoms with Crippen LogP contribution in [0, 0.1) is 0 Å². The zero-order valence-corrected chi connectivity index (χ0v) is 16.5. The number of halogens is 2. The van der Waals surface area contributed by atoms with Crippen LogP contribution in [0.1, 0.15) is 18.6 Å². The van der Waals surface area contributed by atoms with Crippen LogP contribution in [0.4, 0.5) is 0 Å². The van der Waals surface area contributed by atoms with Crippen molar-refractivity contribution in [3.8, 4) is 5.75 Å². The van der Waals surface area contributed by atoms with Gasteiger partial charge in [-0.1, -0.05) is 35.3 Å². The fourth-order valence-corrected chi connectivity index (χ4v) is 4.98. The van der Waals surface area contributed by atoms with E-state index >= 15 is 0 Å². The van der Waals surface area contributed by atoms with Gasteiger partial charge in [0, 0.05) is 23.1 Å². The number of hydrogen-bond acceptors (Lipinski definition) is 4. The minimum Gasteiger partial charge on any atom is -0.492 e. The predicted octanol–water partition coefficient (Wildman–Crippen LogP) is 4.15. The van der Waals surface area contributed by atoms with Crippen LogP contribution < -0.4 is 4.74 Å². The van der Waals surface area contributed by atoms with Crippen LogP contribution in [0.3, 0.4) is 0 Å². The van der Waals surface area contributed by atoms with Gasteiger partial charge in [-0.25, -0.2) is 8.42 Å². The topological polar surface area (TPSA) is 55.8 Å². The molecule has 1 aliphatic heterocycles. The van der Waals surface area contributed by atoms with Crippen LogP contribution in [-0.2, 0) is 14.8 Å². The highest BCUT2D eigenvalue weighted by molar-refractivity contribution is 7.89. The summed E-state index contributed by atoms with van der Waals surface area (Å²) in [7, 11) is -3.71. The van der Waals surface area contributed by atoms with E-state index in [0.717, 1.165) is 5.56 Å². The second-order valence-electron chi connectivity index (χ2n) is 5.81. The number of sulfonamides is 1. The normalized spacial score (nSPS) is 18.7. The molecule has 8 heteroatoms. The van der Waals surface area contributed by atoms with Gasteiger partial charge in [0.05, 0.1) is 19.3 Å². The molecule has 5 nitrogen and oxygen atoms in total. The molecular weight excluding hydrogens is 397 g/mol. The van der Waals surface area contributed by atoms with Crippen LogP contribution in [0.15, 0.2) is 47.4 Å². The van der Waals surface area contributed by atoms with Crippen molar-refractivity contribution in [2.45, 2.75) is 17.9 Å². The maximum atomic E-state index is 13.1. The lowest BCUT2D eigenvalue weighted by atomic mass is 10.1. The second kappa shape index (κ2) is 8.15. The number of para-hydroxylation sites is 1. The molecule has 140 valence electrons. The average Bonchev–Trinajstić information content (AvgIpc) is 2.62. The largest absolute Gasteiger partial charge is 0.492 e. The van der Waals surface area contributed by atoms with E-state index in [2.05, 4.69) is 0 Å². The number of benzene rings is 2. The van der Waals surface area contributed by atoms with E-state index in [4.69, 9.17) is 32.7 Å². The van der Waals surface area contributed by atoms with E-state index in [-0.39, 0.29) is 24.6 Å². The van der Waals surface area contributed by atoms with Crippen molar-refractivity contribution >= 4 is 33.2 Å². The number of ether oxygens (including phenoxy) is 2. The van der Waals surface area contributed by atoms with Gasteiger partial charge in [-0.05, 0) is 42.8 Å². The Hall–Kier alpha value is -1.31. The van der Waals surface area contributed by atoms with Crippen molar-refractivity contribution in [2.24, 2.45) is 0 Å². The zero-order chi connectivity index (χ0) is 18.7. The minimum absolute atomic E-state index is 0.159. The molecule has 3 rings (SSSR count). The Kier molecular flexibility index (Phi) is 6.10. The average molecular weight is 416 g/mol. The molecule has 26 heavy (non-hydrogen) atoms. The molecule has 0 amide bonds. The molecule has 0 aliphatic carbocycles. The van der Waals surface area contributed by atoms with Gasteiger partial charge in [-0.2, -0.15) is 4.31 Å².